The second kappa shape index (κ2) is 12.8. The predicted molar refractivity (Wildman–Crippen MR) is 180 cm³/mol. The van der Waals surface area contributed by atoms with Crippen molar-refractivity contribution in [1.29, 1.82) is 0 Å². The first kappa shape index (κ1) is 33.1. The number of carbonyl (C=O) groups excluding carboxylic acids is 2. The molecule has 8 rings (SSSR count). The monoisotopic (exact) mass is 677 g/mol. The first-order valence-electron chi connectivity index (χ1n) is 17.0. The number of halogens is 3. The lowest BCUT2D eigenvalue weighted by molar-refractivity contribution is -0.149. The maximum Gasteiger partial charge on any atom is 0.421 e. The van der Waals surface area contributed by atoms with Gasteiger partial charge in [-0.1, -0.05) is 12.1 Å². The number of hydrogen-bond donors (Lipinski definition) is 4. The van der Waals surface area contributed by atoms with Gasteiger partial charge in [0.05, 0.1) is 29.5 Å². The number of aromatic nitrogens is 2. The Labute approximate surface area is 283 Å². The standard InChI is InChI=1S/C36H42F3N7O3/c1-20-7-6-8-25(32(47)40-2)29(20)44-31-26(36(37,38)39)19-41-34(45-31)43-27-10-9-24(15-28(27)49-3)42-33(48)35-16-21-13-22(17-35)30(23(14-21)18-35)46-11-4-5-12-46/h6-10,15,19,21-23,30H,4-5,11-14,16-18H2,1-3H3,(H,40,47)(H,42,48)(H2,41,43,44,45)/t21?,22?,23?,30-,35+. The topological polar surface area (TPSA) is 121 Å². The van der Waals surface area contributed by atoms with Gasteiger partial charge in [-0.05, 0) is 106 Å². The zero-order chi connectivity index (χ0) is 34.5. The van der Waals surface area contributed by atoms with E-state index in [0.29, 0.717) is 52.7 Å². The molecule has 2 atom stereocenters. The predicted octanol–water partition coefficient (Wildman–Crippen LogP) is 6.89. The average molecular weight is 678 g/mol. The van der Waals surface area contributed by atoms with Gasteiger partial charge in [-0.15, -0.1) is 0 Å². The maximum atomic E-state index is 14.1. The van der Waals surface area contributed by atoms with Crippen molar-refractivity contribution in [2.24, 2.45) is 23.2 Å². The highest BCUT2D eigenvalue weighted by molar-refractivity contribution is 6.01. The SMILES string of the molecule is CNC(=O)c1cccc(C)c1Nc1nc(Nc2ccc(NC(=O)[C@]34CC5CC(C3)[C@H](N3CCCC3)C(C5)C4)cc2OC)ncc1C(F)(F)F. The highest BCUT2D eigenvalue weighted by Crippen LogP contribution is 2.61. The molecule has 5 aliphatic rings. The summed E-state index contributed by atoms with van der Waals surface area (Å²) in [5.74, 6) is 1.06. The molecule has 2 amide bonds. The molecule has 1 aliphatic heterocycles. The molecule has 260 valence electrons. The lowest BCUT2D eigenvalue weighted by atomic mass is 9.47. The lowest BCUT2D eigenvalue weighted by Gasteiger charge is -2.61. The van der Waals surface area contributed by atoms with Crippen LogP contribution in [0.2, 0.25) is 0 Å². The van der Waals surface area contributed by atoms with Crippen LogP contribution in [-0.2, 0) is 11.0 Å². The van der Waals surface area contributed by atoms with Crippen molar-refractivity contribution in [3.63, 3.8) is 0 Å². The Hall–Kier alpha value is -4.39. The summed E-state index contributed by atoms with van der Waals surface area (Å²) in [5.41, 5.74) is 0.450. The smallest absolute Gasteiger partial charge is 0.421 e. The number of anilines is 5. The van der Waals surface area contributed by atoms with Crippen LogP contribution in [0.15, 0.2) is 42.6 Å². The number of amides is 2. The van der Waals surface area contributed by atoms with E-state index in [1.54, 1.807) is 37.3 Å². The van der Waals surface area contributed by atoms with E-state index < -0.39 is 23.5 Å². The number of alkyl halides is 3. The van der Waals surface area contributed by atoms with Gasteiger partial charge in [-0.25, -0.2) is 4.98 Å². The number of methoxy groups -OCH3 is 1. The summed E-state index contributed by atoms with van der Waals surface area (Å²) in [6.45, 7) is 4.05. The van der Waals surface area contributed by atoms with Crippen LogP contribution in [0, 0.1) is 30.1 Å². The molecule has 0 radical (unpaired) electrons. The summed E-state index contributed by atoms with van der Waals surface area (Å²) in [4.78, 5) is 37.2. The number of likely N-dealkylation sites (tertiary alicyclic amines) is 1. The fourth-order valence-corrected chi connectivity index (χ4v) is 9.19. The molecule has 4 bridgehead atoms. The van der Waals surface area contributed by atoms with E-state index >= 15 is 0 Å². The minimum absolute atomic E-state index is 0.0589. The van der Waals surface area contributed by atoms with Gasteiger partial charge in [-0.3, -0.25) is 14.5 Å². The molecule has 0 spiro atoms. The Balaban J connectivity index is 1.10. The molecule has 49 heavy (non-hydrogen) atoms. The minimum atomic E-state index is -4.76. The first-order valence-corrected chi connectivity index (χ1v) is 17.0. The van der Waals surface area contributed by atoms with Gasteiger partial charge in [-0.2, -0.15) is 18.2 Å². The molecule has 4 saturated carbocycles. The molecule has 3 aromatic rings. The number of rotatable bonds is 9. The van der Waals surface area contributed by atoms with Crippen molar-refractivity contribution in [1.82, 2.24) is 20.2 Å². The van der Waals surface area contributed by atoms with Crippen molar-refractivity contribution >= 4 is 40.6 Å². The van der Waals surface area contributed by atoms with E-state index in [-0.39, 0.29) is 28.5 Å². The number of nitrogens with one attached hydrogen (secondary N) is 4. The second-order valence-corrected chi connectivity index (χ2v) is 14.1. The van der Waals surface area contributed by atoms with Crippen LogP contribution in [0.5, 0.6) is 5.75 Å². The molecule has 2 unspecified atom stereocenters. The fraction of sp³-hybridized carbons (Fsp3) is 0.500. The van der Waals surface area contributed by atoms with Crippen molar-refractivity contribution in [2.75, 3.05) is 43.2 Å². The van der Waals surface area contributed by atoms with E-state index in [2.05, 4.69) is 36.1 Å². The number of nitrogens with zero attached hydrogens (tertiary/aromatic N) is 3. The van der Waals surface area contributed by atoms with Gasteiger partial charge in [0.2, 0.25) is 11.9 Å². The van der Waals surface area contributed by atoms with Crippen LogP contribution in [-0.4, -0.2) is 60.0 Å². The van der Waals surface area contributed by atoms with Crippen LogP contribution >= 0.6 is 0 Å². The molecule has 4 N–H and O–H groups in total. The molecule has 4 aliphatic carbocycles. The normalized spacial score (nSPS) is 26.0. The molecule has 2 aromatic carbocycles. The Morgan fingerprint density at radius 3 is 2.43 bits per heavy atom. The number of hydrogen-bond acceptors (Lipinski definition) is 8. The third-order valence-corrected chi connectivity index (χ3v) is 11.1. The summed E-state index contributed by atoms with van der Waals surface area (Å²) in [6, 6.07) is 10.6. The van der Waals surface area contributed by atoms with Crippen LogP contribution < -0.4 is 26.0 Å². The number of carbonyl (C=O) groups is 2. The highest BCUT2D eigenvalue weighted by atomic mass is 19.4. The van der Waals surface area contributed by atoms with Gasteiger partial charge in [0, 0.05) is 31.0 Å². The van der Waals surface area contributed by atoms with Gasteiger partial charge < -0.3 is 26.0 Å². The number of para-hydroxylation sites is 1. The van der Waals surface area contributed by atoms with Crippen LogP contribution in [0.25, 0.3) is 0 Å². The molecule has 13 heteroatoms. The Morgan fingerprint density at radius 1 is 1.02 bits per heavy atom. The highest BCUT2D eigenvalue weighted by Gasteiger charge is 2.59. The number of aryl methyl sites for hydroxylation is 1. The average Bonchev–Trinajstić information content (AvgIpc) is 3.59. The summed E-state index contributed by atoms with van der Waals surface area (Å²) in [5, 5.41) is 11.4. The third kappa shape index (κ3) is 6.28. The van der Waals surface area contributed by atoms with E-state index in [0.717, 1.165) is 19.3 Å². The van der Waals surface area contributed by atoms with E-state index in [1.807, 2.05) is 0 Å². The van der Waals surface area contributed by atoms with Crippen molar-refractivity contribution in [2.45, 2.75) is 64.1 Å². The van der Waals surface area contributed by atoms with Crippen LogP contribution in [0.1, 0.15) is 66.4 Å². The first-order chi connectivity index (χ1) is 23.5. The van der Waals surface area contributed by atoms with Gasteiger partial charge in [0.15, 0.2) is 0 Å². The van der Waals surface area contributed by atoms with Crippen molar-refractivity contribution < 1.29 is 27.5 Å². The summed E-state index contributed by atoms with van der Waals surface area (Å²) >= 11 is 0. The molecule has 1 saturated heterocycles. The van der Waals surface area contributed by atoms with Crippen molar-refractivity contribution in [3.05, 3.63) is 59.3 Å². The summed E-state index contributed by atoms with van der Waals surface area (Å²) in [7, 11) is 2.92. The largest absolute Gasteiger partial charge is 0.494 e. The Morgan fingerprint density at radius 2 is 1.76 bits per heavy atom. The summed E-state index contributed by atoms with van der Waals surface area (Å²) < 4.78 is 47.8. The van der Waals surface area contributed by atoms with Crippen LogP contribution in [0.4, 0.5) is 42.0 Å². The Bertz CT molecular complexity index is 1740. The fourth-order valence-electron chi connectivity index (χ4n) is 9.19. The molecule has 10 nitrogen and oxygen atoms in total. The van der Waals surface area contributed by atoms with E-state index in [9.17, 15) is 22.8 Å². The molecule has 2 heterocycles. The van der Waals surface area contributed by atoms with Crippen LogP contribution in [0.3, 0.4) is 0 Å². The lowest BCUT2D eigenvalue weighted by Crippen LogP contribution is -2.61. The molecular weight excluding hydrogens is 635 g/mol. The zero-order valence-electron chi connectivity index (χ0n) is 27.9. The van der Waals surface area contributed by atoms with Gasteiger partial charge >= 0.3 is 6.18 Å². The quantitative estimate of drug-likeness (QED) is 0.193. The minimum Gasteiger partial charge on any atom is -0.494 e. The third-order valence-electron chi connectivity index (χ3n) is 11.1. The Kier molecular flexibility index (Phi) is 8.66. The summed E-state index contributed by atoms with van der Waals surface area (Å²) in [6.07, 6.45) is 3.72. The van der Waals surface area contributed by atoms with Crippen molar-refractivity contribution in [3.8, 4) is 5.75 Å². The van der Waals surface area contributed by atoms with E-state index in [1.165, 1.54) is 59.0 Å². The maximum absolute atomic E-state index is 14.1. The molecular formula is C36H42F3N7O3. The molecule has 5 fully saturated rings. The van der Waals surface area contributed by atoms with Gasteiger partial charge in [0.25, 0.3) is 5.91 Å². The van der Waals surface area contributed by atoms with E-state index in [4.69, 9.17) is 4.74 Å². The zero-order valence-corrected chi connectivity index (χ0v) is 27.9. The second-order valence-electron chi connectivity index (χ2n) is 14.1. The van der Waals surface area contributed by atoms with Gasteiger partial charge in [0.1, 0.15) is 17.1 Å². The number of ether oxygens (including phenoxy) is 1. The molecule has 1 aromatic heterocycles. The number of benzene rings is 2.